The van der Waals surface area contributed by atoms with Gasteiger partial charge < -0.3 is 43.8 Å². The van der Waals surface area contributed by atoms with Crippen LogP contribution in [0.25, 0.3) is 0 Å². The van der Waals surface area contributed by atoms with Gasteiger partial charge in [-0.1, -0.05) is 83.7 Å². The molecule has 2 fully saturated rings. The van der Waals surface area contributed by atoms with Crippen LogP contribution in [0.15, 0.2) is 30.3 Å². The molecule has 2 N–H and O–H groups in total. The normalized spacial score (nSPS) is 23.7. The van der Waals surface area contributed by atoms with Crippen LogP contribution in [-0.4, -0.2) is 111 Å². The molecule has 75 heavy (non-hydrogen) atoms. The molecule has 17 nitrogen and oxygen atoms in total. The summed E-state index contributed by atoms with van der Waals surface area (Å²) >= 11 is 0. The maximum Gasteiger partial charge on any atom is 0.306 e. The Morgan fingerprint density at radius 2 is 1.00 bits per heavy atom. The number of carbonyl (C=O) groups excluding carboxylic acids is 8. The van der Waals surface area contributed by atoms with Crippen molar-refractivity contribution in [3.63, 3.8) is 0 Å². The van der Waals surface area contributed by atoms with E-state index in [1.165, 1.54) is 27.7 Å². The van der Waals surface area contributed by atoms with E-state index in [9.17, 15) is 38.4 Å². The molecule has 424 valence electrons. The average Bonchev–Trinajstić information content (AvgIpc) is 3.36. The zero-order chi connectivity index (χ0) is 55.1. The minimum atomic E-state index is -0.632. The summed E-state index contributed by atoms with van der Waals surface area (Å²) in [5.41, 5.74) is 0.937. The molecule has 2 aliphatic rings. The van der Waals surface area contributed by atoms with E-state index in [1.54, 1.807) is 0 Å². The van der Waals surface area contributed by atoms with Gasteiger partial charge in [-0.15, -0.1) is 0 Å². The third-order valence-electron chi connectivity index (χ3n) is 15.0. The molecule has 2 aliphatic carbocycles. The lowest BCUT2D eigenvalue weighted by Crippen LogP contribution is -2.48. The second-order valence-corrected chi connectivity index (χ2v) is 21.1. The Hall–Kier alpha value is -4.90. The topological polar surface area (TPSA) is 225 Å². The molecule has 2 saturated carbocycles. The highest BCUT2D eigenvalue weighted by molar-refractivity contribution is 5.89. The summed E-state index contributed by atoms with van der Waals surface area (Å²) in [5, 5.41) is 6.01. The lowest BCUT2D eigenvalue weighted by molar-refractivity contribution is -0.171. The summed E-state index contributed by atoms with van der Waals surface area (Å²) in [6, 6.07) is 8.90. The second-order valence-electron chi connectivity index (χ2n) is 21.1. The van der Waals surface area contributed by atoms with Crippen molar-refractivity contribution in [2.75, 3.05) is 33.0 Å². The van der Waals surface area contributed by atoms with Gasteiger partial charge in [0.25, 0.3) is 0 Å². The molecule has 0 spiro atoms. The van der Waals surface area contributed by atoms with Gasteiger partial charge in [0.1, 0.15) is 18.8 Å². The van der Waals surface area contributed by atoms with Crippen LogP contribution in [0.1, 0.15) is 183 Å². The minimum absolute atomic E-state index is 0.00644. The molecule has 0 saturated heterocycles. The van der Waals surface area contributed by atoms with Crippen molar-refractivity contribution in [3.8, 4) is 0 Å². The maximum absolute atomic E-state index is 13.6. The molecule has 0 aliphatic heterocycles. The Bertz CT molecular complexity index is 1900. The van der Waals surface area contributed by atoms with Gasteiger partial charge in [0.05, 0.1) is 31.5 Å². The monoisotopic (exact) mass is 1060 g/mol. The van der Waals surface area contributed by atoms with E-state index in [1.807, 2.05) is 44.2 Å². The van der Waals surface area contributed by atoms with E-state index in [2.05, 4.69) is 24.5 Å². The fourth-order valence-electron chi connectivity index (χ4n) is 10.3. The number of hydrogen-bond donors (Lipinski definition) is 2. The standard InChI is InChI=1S/C58H92N2O15/c1-39-41(3)57(74-45(7)63)48(37-71-43(5)61)34-52(39)69-32-22-12-17-28-54(66)59-31-21-20-26-50(51(65)27-16-9-10-19-30-56(68)73-36-47-24-14-11-15-25-47)60-55(67)29-18-13-23-33-70-53-35-49(38-72-44(6)62)58(75-46(8)64)42(4)40(53)2/h11,14-15,24-25,39-42,48-50,52-53,57-58H,9-10,12-13,16-23,26-38H2,1-8H3,(H,59,66)(H,60,67)/t39?,40?,41?,42?,48?,49?,50-,52?,53?,57?,58?/m0/s1. The van der Waals surface area contributed by atoms with Crippen LogP contribution in [0.2, 0.25) is 0 Å². The number of Topliss-reactive ketones (excluding diaryl/α,β-unsaturated/α-hetero) is 1. The molecular weight excluding hydrogens is 965 g/mol. The molecule has 0 heterocycles. The van der Waals surface area contributed by atoms with Crippen molar-refractivity contribution in [1.29, 1.82) is 0 Å². The number of benzene rings is 1. The molecule has 0 aromatic heterocycles. The summed E-state index contributed by atoms with van der Waals surface area (Å²) in [5.74, 6) is -2.02. The van der Waals surface area contributed by atoms with Crippen molar-refractivity contribution >= 4 is 47.4 Å². The Kier molecular flexibility index (Phi) is 31.1. The molecule has 17 heteroatoms. The van der Waals surface area contributed by atoms with Crippen molar-refractivity contribution < 1.29 is 71.5 Å². The quantitative estimate of drug-likeness (QED) is 0.0364. The number of amides is 2. The van der Waals surface area contributed by atoms with E-state index >= 15 is 0 Å². The van der Waals surface area contributed by atoms with Crippen LogP contribution in [0.4, 0.5) is 0 Å². The summed E-state index contributed by atoms with van der Waals surface area (Å²) < 4.78 is 39.9. The molecular formula is C58H92N2O15. The predicted octanol–water partition coefficient (Wildman–Crippen LogP) is 8.88. The second kappa shape index (κ2) is 36.2. The smallest absolute Gasteiger partial charge is 0.306 e. The van der Waals surface area contributed by atoms with Gasteiger partial charge in [0.15, 0.2) is 5.78 Å². The molecule has 0 radical (unpaired) electrons. The van der Waals surface area contributed by atoms with E-state index in [-0.39, 0.29) is 134 Å². The first kappa shape index (κ1) is 64.4. The molecule has 1 aromatic rings. The molecule has 11 atom stereocenters. The summed E-state index contributed by atoms with van der Waals surface area (Å²) in [6.45, 7) is 15.8. The average molecular weight is 1060 g/mol. The van der Waals surface area contributed by atoms with Crippen LogP contribution >= 0.6 is 0 Å². The highest BCUT2D eigenvalue weighted by Crippen LogP contribution is 2.39. The summed E-state index contributed by atoms with van der Waals surface area (Å²) in [6.07, 6.45) is 10.7. The van der Waals surface area contributed by atoms with E-state index in [0.29, 0.717) is 96.8 Å². The van der Waals surface area contributed by atoms with Gasteiger partial charge in [0, 0.05) is 85.0 Å². The number of rotatable bonds is 36. The third-order valence-corrected chi connectivity index (χ3v) is 15.0. The predicted molar refractivity (Wildman–Crippen MR) is 281 cm³/mol. The molecule has 3 rings (SSSR count). The van der Waals surface area contributed by atoms with Gasteiger partial charge in [0.2, 0.25) is 11.8 Å². The largest absolute Gasteiger partial charge is 0.465 e. The van der Waals surface area contributed by atoms with Crippen LogP contribution < -0.4 is 10.6 Å². The molecule has 2 amide bonds. The number of carbonyl (C=O) groups is 8. The van der Waals surface area contributed by atoms with Crippen LogP contribution in [0, 0.1) is 35.5 Å². The summed E-state index contributed by atoms with van der Waals surface area (Å²) in [7, 11) is 0. The Morgan fingerprint density at radius 3 is 1.51 bits per heavy atom. The first-order valence-corrected chi connectivity index (χ1v) is 28.0. The Balaban J connectivity index is 1.39. The fourth-order valence-corrected chi connectivity index (χ4v) is 10.3. The van der Waals surface area contributed by atoms with E-state index < -0.39 is 6.04 Å². The maximum atomic E-state index is 13.6. The zero-order valence-corrected chi connectivity index (χ0v) is 46.5. The lowest BCUT2D eigenvalue weighted by Gasteiger charge is -2.43. The van der Waals surface area contributed by atoms with Crippen molar-refractivity contribution in [2.24, 2.45) is 35.5 Å². The SMILES string of the molecule is CC(=O)OCC1CC(OCCCCCC(=O)NCCCC[C@H](NC(=O)CCCCCOC2CC(COC(C)=O)C(OC(C)=O)C(C)C2C)C(=O)CCCCCCC(=O)OCc2ccccc2)C(C)C(C)C1OC(C)=O. The van der Waals surface area contributed by atoms with Gasteiger partial charge in [-0.3, -0.25) is 38.4 Å². The Labute approximate surface area is 447 Å². The lowest BCUT2D eigenvalue weighted by atomic mass is 9.72. The highest BCUT2D eigenvalue weighted by Gasteiger charge is 2.44. The fraction of sp³-hybridized carbons (Fsp3) is 0.759. The van der Waals surface area contributed by atoms with E-state index in [0.717, 1.165) is 44.1 Å². The van der Waals surface area contributed by atoms with Gasteiger partial charge in [-0.05, 0) is 99.9 Å². The molecule has 10 unspecified atom stereocenters. The number of hydrogen-bond acceptors (Lipinski definition) is 15. The number of unbranched alkanes of at least 4 members (excludes halogenated alkanes) is 8. The van der Waals surface area contributed by atoms with Gasteiger partial charge in [-0.2, -0.15) is 0 Å². The third kappa shape index (κ3) is 26.1. The van der Waals surface area contributed by atoms with Crippen LogP contribution in [0.5, 0.6) is 0 Å². The Morgan fingerprint density at radius 1 is 0.520 bits per heavy atom. The first-order valence-electron chi connectivity index (χ1n) is 28.0. The minimum Gasteiger partial charge on any atom is -0.465 e. The number of nitrogens with one attached hydrogen (secondary N) is 2. The first-order chi connectivity index (χ1) is 35.9. The van der Waals surface area contributed by atoms with Crippen molar-refractivity contribution in [2.45, 2.75) is 214 Å². The van der Waals surface area contributed by atoms with Crippen LogP contribution in [-0.2, 0) is 78.1 Å². The van der Waals surface area contributed by atoms with Gasteiger partial charge >= 0.3 is 29.8 Å². The summed E-state index contributed by atoms with van der Waals surface area (Å²) in [4.78, 5) is 98.5. The number of ether oxygens (including phenoxy) is 7. The highest BCUT2D eigenvalue weighted by atomic mass is 16.6. The van der Waals surface area contributed by atoms with Crippen molar-refractivity contribution in [1.82, 2.24) is 10.6 Å². The zero-order valence-electron chi connectivity index (χ0n) is 46.5. The van der Waals surface area contributed by atoms with Gasteiger partial charge in [-0.25, -0.2) is 0 Å². The van der Waals surface area contributed by atoms with Crippen molar-refractivity contribution in [3.05, 3.63) is 35.9 Å². The van der Waals surface area contributed by atoms with Crippen LogP contribution in [0.3, 0.4) is 0 Å². The van der Waals surface area contributed by atoms with E-state index in [4.69, 9.17) is 33.2 Å². The molecule has 0 bridgehead atoms. The number of esters is 5. The number of ketones is 1. The molecule has 1 aromatic carbocycles.